The van der Waals surface area contributed by atoms with Gasteiger partial charge in [-0.15, -0.1) is 0 Å². The Hall–Kier alpha value is -3.31. The van der Waals surface area contributed by atoms with Crippen molar-refractivity contribution in [2.75, 3.05) is 6.73 Å². The molecule has 164 valence electrons. The third-order valence-corrected chi connectivity index (χ3v) is 6.02. The van der Waals surface area contributed by atoms with E-state index in [0.717, 1.165) is 28.2 Å². The molecule has 0 radical (unpaired) electrons. The van der Waals surface area contributed by atoms with Crippen LogP contribution in [0.4, 0.5) is 0 Å². The lowest BCUT2D eigenvalue weighted by atomic mass is 9.86. The van der Waals surface area contributed by atoms with Gasteiger partial charge < -0.3 is 13.9 Å². The van der Waals surface area contributed by atoms with Crippen LogP contribution < -0.4 is 9.47 Å². The highest BCUT2D eigenvalue weighted by atomic mass is 16.5. The lowest BCUT2D eigenvalue weighted by Crippen LogP contribution is -2.31. The highest BCUT2D eigenvalue weighted by Gasteiger charge is 2.35. The van der Waals surface area contributed by atoms with Crippen LogP contribution in [0.5, 0.6) is 11.5 Å². The topological polar surface area (TPSA) is 51.9 Å². The Morgan fingerprint density at radius 1 is 1.12 bits per heavy atom. The summed E-state index contributed by atoms with van der Waals surface area (Å²) in [6.07, 6.45) is 3.49. The number of fused-ring (bicyclic) bond motifs is 3. The molecule has 0 bridgehead atoms. The van der Waals surface area contributed by atoms with Crippen molar-refractivity contribution in [3.05, 3.63) is 88.1 Å². The summed E-state index contributed by atoms with van der Waals surface area (Å²) >= 11 is 0. The van der Waals surface area contributed by atoms with E-state index in [-0.39, 0.29) is 11.2 Å². The van der Waals surface area contributed by atoms with Gasteiger partial charge in [0, 0.05) is 6.54 Å². The number of Topliss-reactive ketones (excluding diaryl/α,β-unsaturated/α-hetero) is 1. The standard InChI is InChI=1S/C27H27NO4/c1-17-12-22-21(15-28(16-31-22)14-20-6-5-11-30-20)26-24(17)25(29)23(32-26)13-18-7-9-19(10-8-18)27(2,3)4/h5-13H,14-16H2,1-4H3/b23-13-. The number of hydrogen-bond acceptors (Lipinski definition) is 5. The summed E-state index contributed by atoms with van der Waals surface area (Å²) in [6.45, 7) is 10.2. The van der Waals surface area contributed by atoms with Crippen molar-refractivity contribution in [3.63, 3.8) is 0 Å². The second-order valence-corrected chi connectivity index (χ2v) is 9.53. The largest absolute Gasteiger partial charge is 0.478 e. The first-order valence-electron chi connectivity index (χ1n) is 10.9. The van der Waals surface area contributed by atoms with Gasteiger partial charge >= 0.3 is 0 Å². The van der Waals surface area contributed by atoms with E-state index in [1.807, 2.05) is 43.3 Å². The monoisotopic (exact) mass is 429 g/mol. The highest BCUT2D eigenvalue weighted by Crippen LogP contribution is 2.44. The molecule has 1 aromatic heterocycles. The number of rotatable bonds is 3. The molecule has 0 spiro atoms. The Morgan fingerprint density at radius 2 is 1.91 bits per heavy atom. The van der Waals surface area contributed by atoms with Gasteiger partial charge in [-0.3, -0.25) is 9.69 Å². The smallest absolute Gasteiger partial charge is 0.232 e. The zero-order valence-electron chi connectivity index (χ0n) is 18.9. The van der Waals surface area contributed by atoms with Crippen molar-refractivity contribution >= 4 is 11.9 Å². The fraction of sp³-hybridized carbons (Fsp3) is 0.296. The molecule has 5 rings (SSSR count). The lowest BCUT2D eigenvalue weighted by Gasteiger charge is -2.29. The Morgan fingerprint density at radius 3 is 2.59 bits per heavy atom. The normalized spacial score (nSPS) is 17.1. The molecule has 3 aromatic rings. The van der Waals surface area contributed by atoms with Crippen molar-refractivity contribution in [1.29, 1.82) is 0 Å². The molecule has 0 saturated heterocycles. The number of furan rings is 1. The summed E-state index contributed by atoms with van der Waals surface area (Å²) in [6, 6.07) is 14.0. The first-order valence-corrected chi connectivity index (χ1v) is 10.9. The van der Waals surface area contributed by atoms with Crippen LogP contribution in [0.15, 0.2) is 58.9 Å². The van der Waals surface area contributed by atoms with E-state index in [1.165, 1.54) is 5.56 Å². The average molecular weight is 430 g/mol. The Labute approximate surface area is 188 Å². The number of aryl methyl sites for hydroxylation is 1. The molecule has 0 fully saturated rings. The van der Waals surface area contributed by atoms with Crippen molar-refractivity contribution in [3.8, 4) is 11.5 Å². The molecular formula is C27H27NO4. The van der Waals surface area contributed by atoms with Gasteiger partial charge in [-0.25, -0.2) is 0 Å². The van der Waals surface area contributed by atoms with E-state index in [4.69, 9.17) is 13.9 Å². The fourth-order valence-corrected chi connectivity index (χ4v) is 4.23. The SMILES string of the molecule is Cc1cc2c(c3c1C(=O)/C(=C/c1ccc(C(C)(C)C)cc1)O3)CN(Cc1ccco1)CO2. The molecule has 0 saturated carbocycles. The molecule has 2 aromatic carbocycles. The first kappa shape index (κ1) is 20.6. The minimum atomic E-state index is -0.0802. The van der Waals surface area contributed by atoms with Gasteiger partial charge in [0.2, 0.25) is 5.78 Å². The van der Waals surface area contributed by atoms with E-state index in [0.29, 0.717) is 36.9 Å². The molecule has 0 atom stereocenters. The Bertz CT molecular complexity index is 1200. The van der Waals surface area contributed by atoms with Crippen molar-refractivity contribution in [1.82, 2.24) is 4.90 Å². The summed E-state index contributed by atoms with van der Waals surface area (Å²) in [5.74, 6) is 2.54. The molecule has 0 amide bonds. The highest BCUT2D eigenvalue weighted by molar-refractivity contribution is 6.15. The van der Waals surface area contributed by atoms with E-state index in [2.05, 4.69) is 37.8 Å². The van der Waals surface area contributed by atoms with E-state index in [9.17, 15) is 4.79 Å². The molecule has 3 heterocycles. The van der Waals surface area contributed by atoms with Crippen LogP contribution >= 0.6 is 0 Å². The number of carbonyl (C=O) groups is 1. The number of carbonyl (C=O) groups excluding carboxylic acids is 1. The summed E-state index contributed by atoms with van der Waals surface area (Å²) < 4.78 is 17.6. The van der Waals surface area contributed by atoms with Crippen LogP contribution in [-0.2, 0) is 18.5 Å². The molecule has 0 N–H and O–H groups in total. The van der Waals surface area contributed by atoms with E-state index in [1.54, 1.807) is 6.26 Å². The van der Waals surface area contributed by atoms with Gasteiger partial charge in [0.15, 0.2) is 5.76 Å². The molecule has 5 heteroatoms. The first-order chi connectivity index (χ1) is 15.3. The third kappa shape index (κ3) is 3.73. The van der Waals surface area contributed by atoms with Crippen LogP contribution in [0, 0.1) is 6.92 Å². The minimum Gasteiger partial charge on any atom is -0.478 e. The minimum absolute atomic E-state index is 0.0802. The van der Waals surface area contributed by atoms with Gasteiger partial charge in [0.25, 0.3) is 0 Å². The maximum absolute atomic E-state index is 13.2. The van der Waals surface area contributed by atoms with Crippen molar-refractivity contribution in [2.45, 2.75) is 46.2 Å². The molecule has 0 unspecified atom stereocenters. The van der Waals surface area contributed by atoms with E-state index < -0.39 is 0 Å². The van der Waals surface area contributed by atoms with Gasteiger partial charge in [-0.2, -0.15) is 0 Å². The van der Waals surface area contributed by atoms with Crippen molar-refractivity contribution in [2.24, 2.45) is 0 Å². The predicted octanol–water partition coefficient (Wildman–Crippen LogP) is 5.85. The average Bonchev–Trinajstić information content (AvgIpc) is 3.37. The molecule has 0 aliphatic carbocycles. The number of allylic oxidation sites excluding steroid dienone is 1. The third-order valence-electron chi connectivity index (χ3n) is 6.02. The summed E-state index contributed by atoms with van der Waals surface area (Å²) in [4.78, 5) is 15.3. The number of ketones is 1. The van der Waals surface area contributed by atoms with Crippen molar-refractivity contribution < 1.29 is 18.7 Å². The maximum atomic E-state index is 13.2. The van der Waals surface area contributed by atoms with Crippen LogP contribution in [0.25, 0.3) is 6.08 Å². The second kappa shape index (κ2) is 7.68. The Balaban J connectivity index is 1.44. The summed E-state index contributed by atoms with van der Waals surface area (Å²) in [5.41, 5.74) is 4.68. The lowest BCUT2D eigenvalue weighted by molar-refractivity contribution is 0.0809. The van der Waals surface area contributed by atoms with Crippen LogP contribution in [0.3, 0.4) is 0 Å². The number of ether oxygens (including phenoxy) is 2. The van der Waals surface area contributed by atoms with Gasteiger partial charge in [-0.05, 0) is 53.3 Å². The maximum Gasteiger partial charge on any atom is 0.232 e. The fourth-order valence-electron chi connectivity index (χ4n) is 4.23. The zero-order valence-corrected chi connectivity index (χ0v) is 18.9. The molecule has 2 aliphatic rings. The predicted molar refractivity (Wildman–Crippen MR) is 123 cm³/mol. The molecule has 2 aliphatic heterocycles. The molecule has 32 heavy (non-hydrogen) atoms. The Kier molecular flexibility index (Phi) is 4.94. The summed E-state index contributed by atoms with van der Waals surface area (Å²) in [5, 5.41) is 0. The number of benzene rings is 2. The van der Waals surface area contributed by atoms with Gasteiger partial charge in [0.1, 0.15) is 24.0 Å². The van der Waals surface area contributed by atoms with Crippen LogP contribution in [0.2, 0.25) is 0 Å². The van der Waals surface area contributed by atoms with Gasteiger partial charge in [-0.1, -0.05) is 45.0 Å². The summed E-state index contributed by atoms with van der Waals surface area (Å²) in [7, 11) is 0. The van der Waals surface area contributed by atoms with Gasteiger partial charge in [0.05, 0.1) is 23.9 Å². The number of hydrogen-bond donors (Lipinski definition) is 0. The van der Waals surface area contributed by atoms with E-state index >= 15 is 0 Å². The zero-order chi connectivity index (χ0) is 22.5. The second-order valence-electron chi connectivity index (χ2n) is 9.53. The molecule has 5 nitrogen and oxygen atoms in total. The molecular weight excluding hydrogens is 402 g/mol. The quantitative estimate of drug-likeness (QED) is 0.489. The number of nitrogens with zero attached hydrogens (tertiary/aromatic N) is 1. The van der Waals surface area contributed by atoms with Crippen LogP contribution in [0.1, 0.15) is 59.1 Å². The van der Waals surface area contributed by atoms with Crippen LogP contribution in [-0.4, -0.2) is 17.4 Å².